The lowest BCUT2D eigenvalue weighted by molar-refractivity contribution is -0.386. The van der Waals surface area contributed by atoms with Crippen LogP contribution in [-0.2, 0) is 123 Å². The number of nitro groups is 2. The van der Waals surface area contributed by atoms with Gasteiger partial charge in [0.1, 0.15) is 0 Å². The number of aryl methyl sites for hydroxylation is 6. The molecule has 0 aliphatic carbocycles. The molecule has 9 aromatic carbocycles. The number of rotatable bonds is 32. The number of urea groups is 1. The van der Waals surface area contributed by atoms with Gasteiger partial charge < -0.3 is 73.8 Å². The summed E-state index contributed by atoms with van der Waals surface area (Å²) in [6, 6.07) is 46.2. The summed E-state index contributed by atoms with van der Waals surface area (Å²) < 4.78 is 61.4. The standard InChI is InChI=1S/C24H29BrN2O4.C24H32BrNO3.C24H31NO5.C24H33NO3.C16H23NO6/c1-14-17-13-27(12-16-10-8-7-9-11-16)23(29)26-20(17)15(2)18(19(14)25)21(22(28)30-6)31-24(3,4)5;1-15-18(14-10-13-17-11-8-7-9-12-17)21(26)16(2)19(20(15)25)22(23(27)28-6)29-24(3,4)5;1-16-15-20(22(23(26)29-6)30-24(3,4)5)17(2)21(25(27)28)19(16)14-10-13-18-11-8-7-9-12-18;1-16-15-20(22(23(26)27-6)28-24(3,4)5)17(2)21(25)19(16)14-10-13-18-11-8-7-9-12-18;1-9-8-11(10(2)12(17(19)20)13(9)21-6)14(15(18)22-7)23-16(3,4)5/h7-11,21H,12-13H2,1-6H3,(H,26,29);7-9,11-12,22H,10,13-14,26H2,1-6H3;7-9,11-12,15,22H,10,13-14H2,1-6H3;7-9,11-12,15,22H,10,13-14,25H2,1-6H3;8,14H,1-7H3. The molecule has 0 aromatic heterocycles. The summed E-state index contributed by atoms with van der Waals surface area (Å²) in [6.45, 7) is 47.7. The largest absolute Gasteiger partial charge is 0.490 e. The number of anilines is 3. The zero-order valence-electron chi connectivity index (χ0n) is 88.3. The van der Waals surface area contributed by atoms with E-state index in [-0.39, 0.29) is 28.1 Å². The van der Waals surface area contributed by atoms with Gasteiger partial charge in [-0.15, -0.1) is 0 Å². The van der Waals surface area contributed by atoms with Crippen LogP contribution in [0.1, 0.15) is 282 Å². The Morgan fingerprint density at radius 1 is 0.383 bits per heavy atom. The average Bonchev–Trinajstić information content (AvgIpc) is 0.746. The van der Waals surface area contributed by atoms with E-state index in [1.807, 2.05) is 204 Å². The normalized spacial score (nSPS) is 13.1. The van der Waals surface area contributed by atoms with Crippen molar-refractivity contribution in [3.05, 3.63) is 297 Å². The van der Waals surface area contributed by atoms with E-state index in [0.717, 1.165) is 150 Å². The van der Waals surface area contributed by atoms with Gasteiger partial charge in [-0.1, -0.05) is 165 Å². The van der Waals surface area contributed by atoms with Crippen LogP contribution in [-0.4, -0.2) is 121 Å². The van der Waals surface area contributed by atoms with Crippen molar-refractivity contribution < 1.29 is 90.7 Å². The van der Waals surface area contributed by atoms with Crippen molar-refractivity contribution in [3.63, 3.8) is 0 Å². The lowest BCUT2D eigenvalue weighted by atomic mass is 9.91. The van der Waals surface area contributed by atoms with E-state index < -0.39 is 93.3 Å². The molecule has 0 spiro atoms. The Labute approximate surface area is 850 Å². The fourth-order valence-electron chi connectivity index (χ4n) is 16.7. The van der Waals surface area contributed by atoms with Gasteiger partial charge in [-0.2, -0.15) is 0 Å². The van der Waals surface area contributed by atoms with E-state index in [0.29, 0.717) is 58.5 Å². The summed E-state index contributed by atoms with van der Waals surface area (Å²) in [7, 11) is 8.01. The maximum atomic E-state index is 12.9. The molecule has 1 aliphatic rings. The molecule has 0 bridgehead atoms. The van der Waals surface area contributed by atoms with E-state index in [4.69, 9.17) is 63.6 Å². The molecule has 766 valence electrons. The average molecular weight is 2070 g/mol. The summed E-state index contributed by atoms with van der Waals surface area (Å²) in [5, 5.41) is 26.4. The van der Waals surface area contributed by atoms with Crippen molar-refractivity contribution in [1.82, 2.24) is 4.90 Å². The van der Waals surface area contributed by atoms with Gasteiger partial charge in [-0.3, -0.25) is 20.2 Å². The monoisotopic (exact) mass is 2070 g/mol. The van der Waals surface area contributed by atoms with E-state index in [1.165, 1.54) is 59.3 Å². The highest BCUT2D eigenvalue weighted by atomic mass is 79.9. The molecule has 0 radical (unpaired) electrons. The Hall–Kier alpha value is -11.4. The minimum atomic E-state index is -1.05. The van der Waals surface area contributed by atoms with Crippen molar-refractivity contribution in [2.24, 2.45) is 0 Å². The van der Waals surface area contributed by atoms with Crippen molar-refractivity contribution >= 4 is 96.2 Å². The number of esters is 5. The fraction of sp³-hybridized carbons (Fsp3) is 0.464. The van der Waals surface area contributed by atoms with Crippen molar-refractivity contribution in [3.8, 4) is 5.75 Å². The third-order valence-corrected chi connectivity index (χ3v) is 25.6. The molecule has 5 N–H and O–H groups in total. The maximum Gasteiger partial charge on any atom is 0.339 e. The predicted octanol–water partition coefficient (Wildman–Crippen LogP) is 25.3. The highest BCUT2D eigenvalue weighted by Crippen LogP contribution is 2.47. The van der Waals surface area contributed by atoms with E-state index >= 15 is 0 Å². The number of benzene rings is 9. The molecule has 10 rings (SSSR count). The number of hydrogen-bond donors (Lipinski definition) is 3. The number of hydrogen-bond acceptors (Lipinski definition) is 23. The minimum absolute atomic E-state index is 0.0597. The molecule has 5 unspecified atom stereocenters. The molecule has 141 heavy (non-hydrogen) atoms. The number of carbonyl (C=O) groups is 6. The van der Waals surface area contributed by atoms with E-state index in [1.54, 1.807) is 52.5 Å². The van der Waals surface area contributed by atoms with E-state index in [2.05, 4.69) is 97.8 Å². The zero-order chi connectivity index (χ0) is 106. The molecular formula is C112H148Br2N6O21. The van der Waals surface area contributed by atoms with Gasteiger partial charge in [0, 0.05) is 65.8 Å². The number of ether oxygens (including phenoxy) is 11. The number of carbonyl (C=O) groups excluding carboxylic acids is 6. The van der Waals surface area contributed by atoms with Crippen molar-refractivity contribution in [2.75, 3.05) is 59.4 Å². The van der Waals surface area contributed by atoms with Gasteiger partial charge in [-0.25, -0.2) is 28.8 Å². The summed E-state index contributed by atoms with van der Waals surface area (Å²) >= 11 is 7.41. The van der Waals surface area contributed by atoms with Crippen LogP contribution in [0, 0.1) is 89.5 Å². The van der Waals surface area contributed by atoms with Crippen molar-refractivity contribution in [2.45, 2.75) is 302 Å². The summed E-state index contributed by atoms with van der Waals surface area (Å²) in [5.74, 6) is -2.32. The summed E-state index contributed by atoms with van der Waals surface area (Å²) in [4.78, 5) is 99.3. The topological polar surface area (TPSA) is 358 Å². The number of nitro benzene ring substituents is 2. The smallest absolute Gasteiger partial charge is 0.339 e. The lowest BCUT2D eigenvalue weighted by Gasteiger charge is -2.35. The zero-order valence-corrected chi connectivity index (χ0v) is 91.4. The molecule has 0 saturated carbocycles. The van der Waals surface area contributed by atoms with Crippen LogP contribution >= 0.6 is 31.9 Å². The Bertz CT molecular complexity index is 5790. The minimum Gasteiger partial charge on any atom is -0.490 e. The summed E-state index contributed by atoms with van der Waals surface area (Å²) in [5.41, 5.74) is 32.0. The van der Waals surface area contributed by atoms with Crippen LogP contribution in [0.3, 0.4) is 0 Å². The third-order valence-electron chi connectivity index (χ3n) is 23.6. The van der Waals surface area contributed by atoms with E-state index in [9.17, 15) is 49.0 Å². The highest BCUT2D eigenvalue weighted by Gasteiger charge is 2.41. The van der Waals surface area contributed by atoms with Crippen LogP contribution in [0.25, 0.3) is 0 Å². The van der Waals surface area contributed by atoms with Gasteiger partial charge >= 0.3 is 41.6 Å². The van der Waals surface area contributed by atoms with Crippen LogP contribution in [0.4, 0.5) is 33.2 Å². The van der Waals surface area contributed by atoms with Gasteiger partial charge in [0.2, 0.25) is 0 Å². The first-order valence-electron chi connectivity index (χ1n) is 47.2. The molecule has 5 atom stereocenters. The number of halogens is 2. The second kappa shape index (κ2) is 52.5. The van der Waals surface area contributed by atoms with Gasteiger partial charge in [-0.05, 0) is 326 Å². The SMILES string of the molecule is COC(=O)C(OC(C)(C)C)c1c(C)c(N)c(CCCc2ccccc2)c(C)c1Br.COC(=O)C(OC(C)(C)C)c1c(C)c2c(c(C)c1Br)CN(Cc1ccccc1)C(=O)N2.COC(=O)C(OC(C)(C)C)c1cc(C)c(CCCc2ccccc2)c(N)c1C.COC(=O)C(OC(C)(C)C)c1cc(C)c(CCCc2ccccc2)c([N+](=O)[O-])c1C.COC(=O)C(OC(C)(C)C)c1cc(C)c(OC)c([N+](=O)[O-])c1C. The van der Waals surface area contributed by atoms with Crippen LogP contribution < -0.4 is 21.5 Å². The number of nitrogens with zero attached hydrogens (tertiary/aromatic N) is 3. The van der Waals surface area contributed by atoms with Crippen LogP contribution in [0.2, 0.25) is 0 Å². The first-order valence-corrected chi connectivity index (χ1v) is 48.8. The second-order valence-corrected chi connectivity index (χ2v) is 41.6. The molecule has 29 heteroatoms. The lowest BCUT2D eigenvalue weighted by Crippen LogP contribution is -2.39. The Balaban J connectivity index is 0.000000271. The molecule has 9 aromatic rings. The number of nitrogen functional groups attached to an aromatic ring is 2. The maximum absolute atomic E-state index is 12.9. The van der Waals surface area contributed by atoms with Crippen molar-refractivity contribution in [1.29, 1.82) is 0 Å². The first kappa shape index (κ1) is 118. The molecule has 0 fully saturated rings. The number of fused-ring (bicyclic) bond motifs is 1. The second-order valence-electron chi connectivity index (χ2n) is 40.0. The van der Waals surface area contributed by atoms with Gasteiger partial charge in [0.05, 0.1) is 92.7 Å². The quantitative estimate of drug-likeness (QED) is 0.0116. The van der Waals surface area contributed by atoms with Crippen LogP contribution in [0.5, 0.6) is 5.75 Å². The number of nitrogens with two attached hydrogens (primary N) is 2. The fourth-order valence-corrected chi connectivity index (χ4v) is 18.2. The number of methoxy groups -OCH3 is 6. The van der Waals surface area contributed by atoms with Gasteiger partial charge in [0.15, 0.2) is 36.3 Å². The first-order chi connectivity index (χ1) is 65.8. The molecule has 2 amide bonds. The summed E-state index contributed by atoms with van der Waals surface area (Å²) in [6.07, 6.45) is 3.41. The highest BCUT2D eigenvalue weighted by molar-refractivity contribution is 9.11. The number of nitrogens with one attached hydrogen (secondary N) is 1. The molecular weight excluding hydrogens is 1930 g/mol. The molecule has 1 heterocycles. The Morgan fingerprint density at radius 2 is 0.681 bits per heavy atom. The van der Waals surface area contributed by atoms with Gasteiger partial charge in [0.25, 0.3) is 5.69 Å². The predicted molar refractivity (Wildman–Crippen MR) is 562 cm³/mol. The molecule has 1 aliphatic heterocycles. The Morgan fingerprint density at radius 3 is 1.04 bits per heavy atom. The molecule has 0 saturated heterocycles. The molecule has 27 nitrogen and oxygen atoms in total. The number of amides is 2. The third kappa shape index (κ3) is 33.6. The van der Waals surface area contributed by atoms with Crippen LogP contribution in [0.15, 0.2) is 148 Å². The Kier molecular flexibility index (Phi) is 44.1.